The largest absolute Gasteiger partial charge is 0.383 e. The second-order valence-electron chi connectivity index (χ2n) is 5.55. The van der Waals surface area contributed by atoms with Gasteiger partial charge in [-0.3, -0.25) is 0 Å². The minimum atomic E-state index is 0.166. The van der Waals surface area contributed by atoms with Gasteiger partial charge in [-0.2, -0.15) is 10.5 Å². The summed E-state index contributed by atoms with van der Waals surface area (Å²) >= 11 is 3.42. The third kappa shape index (κ3) is 2.40. The molecule has 2 N–H and O–H groups in total. The summed E-state index contributed by atoms with van der Waals surface area (Å²) in [6, 6.07) is 12.2. The van der Waals surface area contributed by atoms with Gasteiger partial charge in [0.1, 0.15) is 18.0 Å². The van der Waals surface area contributed by atoms with Crippen LogP contribution >= 0.6 is 15.9 Å². The van der Waals surface area contributed by atoms with Crippen LogP contribution in [0.25, 0.3) is 17.2 Å². The third-order valence-corrected chi connectivity index (χ3v) is 4.69. The van der Waals surface area contributed by atoms with Crippen LogP contribution in [0.4, 0.5) is 5.82 Å². The average molecular weight is 377 g/mol. The molecule has 0 saturated heterocycles. The molecule has 0 fully saturated rings. The Morgan fingerprint density at radius 1 is 1.12 bits per heavy atom. The molecule has 0 spiro atoms. The smallest absolute Gasteiger partial charge is 0.142 e. The van der Waals surface area contributed by atoms with E-state index in [0.29, 0.717) is 16.8 Å². The minimum absolute atomic E-state index is 0.166. The molecule has 1 aliphatic rings. The molecule has 0 unspecified atom stereocenters. The number of nitriles is 2. The van der Waals surface area contributed by atoms with Crippen LogP contribution in [0, 0.1) is 29.6 Å². The number of nitrogens with zero attached hydrogens (tertiary/aromatic N) is 3. The van der Waals surface area contributed by atoms with Crippen molar-refractivity contribution in [1.29, 1.82) is 10.5 Å². The number of nitrogens with two attached hydrogens (primary N) is 1. The molecule has 0 aliphatic heterocycles. The molecule has 3 rings (SSSR count). The molecule has 5 heteroatoms. The van der Waals surface area contributed by atoms with E-state index >= 15 is 0 Å². The summed E-state index contributed by atoms with van der Waals surface area (Å²) in [5.41, 5.74) is 11.7. The lowest BCUT2D eigenvalue weighted by atomic mass is 9.95. The molecule has 1 aromatic carbocycles. The molecule has 116 valence electrons. The summed E-state index contributed by atoms with van der Waals surface area (Å²) in [7, 11) is 0. The predicted octanol–water partition coefficient (Wildman–Crippen LogP) is 4.46. The van der Waals surface area contributed by atoms with Crippen molar-refractivity contribution in [3.05, 3.63) is 62.3 Å². The van der Waals surface area contributed by atoms with Gasteiger partial charge < -0.3 is 5.73 Å². The maximum atomic E-state index is 9.52. The van der Waals surface area contributed by atoms with Gasteiger partial charge in [-0.15, -0.1) is 0 Å². The van der Waals surface area contributed by atoms with E-state index in [2.05, 4.69) is 33.1 Å². The highest BCUT2D eigenvalue weighted by Gasteiger charge is 2.29. The second-order valence-corrected chi connectivity index (χ2v) is 6.47. The summed E-state index contributed by atoms with van der Waals surface area (Å²) in [4.78, 5) is 4.32. The number of hydrogen-bond acceptors (Lipinski definition) is 4. The first-order chi connectivity index (χ1) is 11.5. The summed E-state index contributed by atoms with van der Waals surface area (Å²) in [5, 5.41) is 18.9. The number of benzene rings is 1. The quantitative estimate of drug-likeness (QED) is 0.795. The first kappa shape index (κ1) is 16.0. The Labute approximate surface area is 148 Å². The van der Waals surface area contributed by atoms with Crippen molar-refractivity contribution < 1.29 is 0 Å². The molecule has 1 aromatic heterocycles. The topological polar surface area (TPSA) is 86.5 Å². The van der Waals surface area contributed by atoms with Crippen LogP contribution in [0.1, 0.15) is 34.9 Å². The fraction of sp³-hybridized carbons (Fsp3) is 0.105. The summed E-state index contributed by atoms with van der Waals surface area (Å²) < 4.78 is 0.999. The number of pyridine rings is 1. The zero-order valence-electron chi connectivity index (χ0n) is 13.2. The van der Waals surface area contributed by atoms with E-state index in [1.54, 1.807) is 0 Å². The normalized spacial score (nSPS) is 14.5. The lowest BCUT2D eigenvalue weighted by Crippen LogP contribution is -2.03. The van der Waals surface area contributed by atoms with E-state index in [1.165, 1.54) is 0 Å². The highest BCUT2D eigenvalue weighted by Crippen LogP contribution is 2.44. The Morgan fingerprint density at radius 2 is 1.79 bits per heavy atom. The van der Waals surface area contributed by atoms with Gasteiger partial charge in [0.25, 0.3) is 0 Å². The number of rotatable bonds is 1. The van der Waals surface area contributed by atoms with Crippen molar-refractivity contribution in [2.45, 2.75) is 13.8 Å². The van der Waals surface area contributed by atoms with Gasteiger partial charge >= 0.3 is 0 Å². The summed E-state index contributed by atoms with van der Waals surface area (Å²) in [6.45, 7) is 3.74. The molecule has 1 heterocycles. The van der Waals surface area contributed by atoms with Gasteiger partial charge in [0.15, 0.2) is 0 Å². The van der Waals surface area contributed by atoms with Crippen LogP contribution in [0.3, 0.4) is 0 Å². The lowest BCUT2D eigenvalue weighted by Gasteiger charge is -2.11. The first-order valence-electron chi connectivity index (χ1n) is 7.27. The fourth-order valence-corrected chi connectivity index (χ4v) is 3.19. The second kappa shape index (κ2) is 5.96. The van der Waals surface area contributed by atoms with Crippen LogP contribution in [-0.2, 0) is 0 Å². The van der Waals surface area contributed by atoms with Crippen molar-refractivity contribution in [1.82, 2.24) is 4.98 Å². The summed E-state index contributed by atoms with van der Waals surface area (Å²) in [5.74, 6) is 0.166. The van der Waals surface area contributed by atoms with Crippen LogP contribution in [-0.4, -0.2) is 4.98 Å². The maximum Gasteiger partial charge on any atom is 0.142 e. The Balaban J connectivity index is 2.31. The van der Waals surface area contributed by atoms with E-state index in [0.717, 1.165) is 32.3 Å². The third-order valence-electron chi connectivity index (χ3n) is 4.16. The number of hydrogen-bond donors (Lipinski definition) is 1. The van der Waals surface area contributed by atoms with Crippen LogP contribution in [0.2, 0.25) is 0 Å². The Kier molecular flexibility index (Phi) is 3.97. The average Bonchev–Trinajstić information content (AvgIpc) is 2.81. The van der Waals surface area contributed by atoms with Gasteiger partial charge in [-0.05, 0) is 54.3 Å². The number of allylic oxidation sites excluding steroid dienone is 3. The van der Waals surface area contributed by atoms with Gasteiger partial charge in [-0.1, -0.05) is 28.1 Å². The van der Waals surface area contributed by atoms with Gasteiger partial charge in [-0.25, -0.2) is 4.98 Å². The Morgan fingerprint density at radius 3 is 2.38 bits per heavy atom. The standard InChI is InChI=1S/C19H13BrN4/c1-10-14(7-12-3-5-13(20)6-4-12)17-11(2)16(9-22)19(23)24-18(17)15(10)8-21/h3-7H,1-2H3,(H2,23,24)/b14-7-. The Bertz CT molecular complexity index is 1000. The monoisotopic (exact) mass is 376 g/mol. The lowest BCUT2D eigenvalue weighted by molar-refractivity contribution is 1.22. The number of halogens is 1. The molecule has 4 nitrogen and oxygen atoms in total. The number of anilines is 1. The van der Waals surface area contributed by atoms with Gasteiger partial charge in [0, 0.05) is 10.0 Å². The molecule has 0 radical (unpaired) electrons. The van der Waals surface area contributed by atoms with Crippen molar-refractivity contribution in [3.63, 3.8) is 0 Å². The molecular weight excluding hydrogens is 364 g/mol. The molecule has 24 heavy (non-hydrogen) atoms. The van der Waals surface area contributed by atoms with Crippen LogP contribution in [0.15, 0.2) is 34.3 Å². The molecule has 0 saturated carbocycles. The molecule has 0 amide bonds. The van der Waals surface area contributed by atoms with E-state index in [4.69, 9.17) is 5.73 Å². The van der Waals surface area contributed by atoms with Gasteiger partial charge in [0.2, 0.25) is 0 Å². The van der Waals surface area contributed by atoms with Crippen molar-refractivity contribution in [2.24, 2.45) is 0 Å². The van der Waals surface area contributed by atoms with Gasteiger partial charge in [0.05, 0.1) is 16.8 Å². The van der Waals surface area contributed by atoms with E-state index < -0.39 is 0 Å². The highest BCUT2D eigenvalue weighted by atomic mass is 79.9. The zero-order chi connectivity index (χ0) is 17.4. The van der Waals surface area contributed by atoms with Crippen molar-refractivity contribution in [2.75, 3.05) is 5.73 Å². The van der Waals surface area contributed by atoms with Crippen molar-refractivity contribution >= 4 is 39.0 Å². The number of aromatic nitrogens is 1. The number of nitrogen functional groups attached to an aromatic ring is 1. The number of fused-ring (bicyclic) bond motifs is 1. The van der Waals surface area contributed by atoms with Crippen LogP contribution < -0.4 is 5.73 Å². The van der Waals surface area contributed by atoms with E-state index in [-0.39, 0.29) is 5.82 Å². The first-order valence-corrected chi connectivity index (χ1v) is 8.06. The van der Waals surface area contributed by atoms with E-state index in [1.807, 2.05) is 44.2 Å². The zero-order valence-corrected chi connectivity index (χ0v) is 14.8. The molecule has 1 aliphatic carbocycles. The van der Waals surface area contributed by atoms with Crippen molar-refractivity contribution in [3.8, 4) is 12.1 Å². The SMILES string of the molecule is CC1=C(C#N)c2nc(N)c(C#N)c(C)c2/C1=C\c1ccc(Br)cc1. The molecule has 2 aromatic rings. The minimum Gasteiger partial charge on any atom is -0.383 e. The summed E-state index contributed by atoms with van der Waals surface area (Å²) in [6.07, 6.45) is 2.01. The predicted molar refractivity (Wildman–Crippen MR) is 98.3 cm³/mol. The maximum absolute atomic E-state index is 9.52. The Hall–Kier alpha value is -2.89. The van der Waals surface area contributed by atoms with Crippen LogP contribution in [0.5, 0.6) is 0 Å². The fourth-order valence-electron chi connectivity index (χ4n) is 2.92. The highest BCUT2D eigenvalue weighted by molar-refractivity contribution is 9.10. The molecule has 0 atom stereocenters. The van der Waals surface area contributed by atoms with E-state index in [9.17, 15) is 10.5 Å². The molecular formula is C19H13BrN4. The molecule has 0 bridgehead atoms.